The molecule has 0 bridgehead atoms. The first kappa shape index (κ1) is 30.5. The van der Waals surface area contributed by atoms with E-state index >= 15 is 0 Å². The number of para-hydroxylation sites is 1. The third kappa shape index (κ3) is 8.05. The topological polar surface area (TPSA) is 60.5 Å². The Morgan fingerprint density at radius 3 is 2.41 bits per heavy atom. The summed E-state index contributed by atoms with van der Waals surface area (Å²) in [6.07, 6.45) is 1.63. The number of hydrogen-bond donors (Lipinski definition) is 0. The summed E-state index contributed by atoms with van der Waals surface area (Å²) in [6.45, 7) is 7.59. The fourth-order valence-electron chi connectivity index (χ4n) is 5.67. The SMILES string of the molecule is BN1CC(COc2ccccc2-c2ccccc2)CC(N(C(=O)c2ccc(OC)c(OCCCOC)c2)C(C)C)C1. The summed E-state index contributed by atoms with van der Waals surface area (Å²) in [7, 11) is 5.40. The maximum atomic E-state index is 14.0. The average Bonchev–Trinajstić information content (AvgIpc) is 2.98. The van der Waals surface area contributed by atoms with Gasteiger partial charge in [0.15, 0.2) is 19.5 Å². The lowest BCUT2D eigenvalue weighted by atomic mass is 9.90. The molecular formula is C33H43BN2O5. The molecule has 218 valence electrons. The summed E-state index contributed by atoms with van der Waals surface area (Å²) < 4.78 is 23.0. The summed E-state index contributed by atoms with van der Waals surface area (Å²) >= 11 is 0. The molecule has 1 saturated heterocycles. The first-order chi connectivity index (χ1) is 19.9. The fourth-order valence-corrected chi connectivity index (χ4v) is 5.67. The van der Waals surface area contributed by atoms with Crippen LogP contribution in [0.4, 0.5) is 0 Å². The van der Waals surface area contributed by atoms with Gasteiger partial charge >= 0.3 is 0 Å². The van der Waals surface area contributed by atoms with E-state index < -0.39 is 0 Å². The Kier molecular flexibility index (Phi) is 11.1. The molecule has 3 aromatic carbocycles. The van der Waals surface area contributed by atoms with E-state index in [-0.39, 0.29) is 23.9 Å². The normalized spacial score (nSPS) is 17.3. The second kappa shape index (κ2) is 14.9. The van der Waals surface area contributed by atoms with Gasteiger partial charge in [-0.1, -0.05) is 48.5 Å². The summed E-state index contributed by atoms with van der Waals surface area (Å²) in [4.78, 5) is 18.3. The van der Waals surface area contributed by atoms with E-state index in [1.54, 1.807) is 20.3 Å². The zero-order valence-corrected chi connectivity index (χ0v) is 25.0. The van der Waals surface area contributed by atoms with Crippen molar-refractivity contribution in [3.05, 3.63) is 78.4 Å². The van der Waals surface area contributed by atoms with Crippen LogP contribution in [-0.2, 0) is 4.74 Å². The predicted molar refractivity (Wildman–Crippen MR) is 166 cm³/mol. The van der Waals surface area contributed by atoms with E-state index in [1.165, 1.54) is 0 Å². The molecule has 0 spiro atoms. The molecule has 7 nitrogen and oxygen atoms in total. The van der Waals surface area contributed by atoms with Crippen molar-refractivity contribution in [2.45, 2.75) is 38.8 Å². The maximum absolute atomic E-state index is 14.0. The van der Waals surface area contributed by atoms with Crippen LogP contribution in [0.25, 0.3) is 11.1 Å². The van der Waals surface area contributed by atoms with Gasteiger partial charge in [0.1, 0.15) is 5.75 Å². The van der Waals surface area contributed by atoms with Crippen molar-refractivity contribution in [2.75, 3.05) is 47.1 Å². The number of amides is 1. The number of nitrogens with zero attached hydrogens (tertiary/aromatic N) is 2. The lowest BCUT2D eigenvalue weighted by Gasteiger charge is -2.43. The minimum absolute atomic E-state index is 0.00112. The van der Waals surface area contributed by atoms with Gasteiger partial charge in [-0.05, 0) is 56.6 Å². The Morgan fingerprint density at radius 1 is 0.927 bits per heavy atom. The van der Waals surface area contributed by atoms with Gasteiger partial charge in [0.2, 0.25) is 0 Å². The molecule has 1 amide bonds. The van der Waals surface area contributed by atoms with Crippen molar-refractivity contribution in [2.24, 2.45) is 5.92 Å². The second-order valence-electron chi connectivity index (χ2n) is 11.0. The molecule has 0 N–H and O–H groups in total. The van der Waals surface area contributed by atoms with Gasteiger partial charge < -0.3 is 28.7 Å². The number of piperidine rings is 1. The van der Waals surface area contributed by atoms with Crippen molar-refractivity contribution < 1.29 is 23.7 Å². The van der Waals surface area contributed by atoms with Gasteiger partial charge in [-0.25, -0.2) is 0 Å². The van der Waals surface area contributed by atoms with Crippen LogP contribution in [0.3, 0.4) is 0 Å². The standard InChI is InChI=1S/C33H43BN2O5/c1-24(2)36(33(37)27-15-16-31(39-4)32(20-27)40-18-10-17-38-3)28-19-25(21-35(34)22-28)23-41-30-14-9-8-13-29(30)26-11-6-5-7-12-26/h5-9,11-16,20,24-25,28H,10,17-19,21-23,34H2,1-4H3. The molecule has 3 aromatic rings. The molecule has 1 aliphatic rings. The predicted octanol–water partition coefficient (Wildman–Crippen LogP) is 4.95. The van der Waals surface area contributed by atoms with Gasteiger partial charge in [-0.2, -0.15) is 0 Å². The van der Waals surface area contributed by atoms with Gasteiger partial charge in [0, 0.05) is 55.8 Å². The number of rotatable bonds is 13. The highest BCUT2D eigenvalue weighted by atomic mass is 16.5. The molecule has 8 heteroatoms. The summed E-state index contributed by atoms with van der Waals surface area (Å²) in [5.41, 5.74) is 2.83. The minimum Gasteiger partial charge on any atom is -0.493 e. The molecule has 0 saturated carbocycles. The van der Waals surface area contributed by atoms with Crippen LogP contribution in [0, 0.1) is 5.92 Å². The Balaban J connectivity index is 1.48. The van der Waals surface area contributed by atoms with Gasteiger partial charge in [0.05, 0.1) is 20.3 Å². The largest absolute Gasteiger partial charge is 0.493 e. The smallest absolute Gasteiger partial charge is 0.254 e. The van der Waals surface area contributed by atoms with Crippen LogP contribution in [0.2, 0.25) is 0 Å². The van der Waals surface area contributed by atoms with E-state index in [2.05, 4.69) is 44.8 Å². The van der Waals surface area contributed by atoms with E-state index in [4.69, 9.17) is 18.9 Å². The van der Waals surface area contributed by atoms with Crippen molar-refractivity contribution in [3.8, 4) is 28.4 Å². The molecule has 1 fully saturated rings. The molecule has 0 aromatic heterocycles. The van der Waals surface area contributed by atoms with Crippen molar-refractivity contribution in [1.29, 1.82) is 0 Å². The highest BCUT2D eigenvalue weighted by molar-refractivity contribution is 6.04. The average molecular weight is 559 g/mol. The lowest BCUT2D eigenvalue weighted by Crippen LogP contribution is -2.55. The number of carbonyl (C=O) groups is 1. The molecule has 2 atom stereocenters. The molecular weight excluding hydrogens is 515 g/mol. The van der Waals surface area contributed by atoms with Crippen molar-refractivity contribution in [3.63, 3.8) is 0 Å². The Hall–Kier alpha value is -3.49. The Labute approximate surface area is 245 Å². The van der Waals surface area contributed by atoms with Crippen molar-refractivity contribution in [1.82, 2.24) is 9.71 Å². The Morgan fingerprint density at radius 2 is 1.68 bits per heavy atom. The first-order valence-corrected chi connectivity index (χ1v) is 14.5. The molecule has 41 heavy (non-hydrogen) atoms. The third-order valence-electron chi connectivity index (χ3n) is 7.49. The van der Waals surface area contributed by atoms with E-state index in [0.717, 1.165) is 42.8 Å². The zero-order chi connectivity index (χ0) is 29.2. The highest BCUT2D eigenvalue weighted by Crippen LogP contribution is 2.32. The first-order valence-electron chi connectivity index (χ1n) is 14.5. The van der Waals surface area contributed by atoms with Crippen molar-refractivity contribution >= 4 is 13.9 Å². The fraction of sp³-hybridized carbons (Fsp3) is 0.424. The number of hydrogen-bond acceptors (Lipinski definition) is 6. The molecule has 1 aliphatic heterocycles. The molecule has 2 unspecified atom stereocenters. The third-order valence-corrected chi connectivity index (χ3v) is 7.49. The van der Waals surface area contributed by atoms with E-state index in [1.807, 2.05) is 53.4 Å². The minimum atomic E-state index is -0.00112. The quantitative estimate of drug-likeness (QED) is 0.219. The Bertz CT molecular complexity index is 1260. The van der Waals surface area contributed by atoms with Crippen LogP contribution < -0.4 is 14.2 Å². The van der Waals surface area contributed by atoms with Gasteiger partial charge in [-0.3, -0.25) is 4.79 Å². The molecule has 0 radical (unpaired) electrons. The van der Waals surface area contributed by atoms with Crippen LogP contribution in [0.1, 0.15) is 37.0 Å². The summed E-state index contributed by atoms with van der Waals surface area (Å²) in [6, 6.07) is 24.1. The summed E-state index contributed by atoms with van der Waals surface area (Å²) in [5, 5.41) is 0. The summed E-state index contributed by atoms with van der Waals surface area (Å²) in [5.74, 6) is 2.35. The number of ether oxygens (including phenoxy) is 4. The second-order valence-corrected chi connectivity index (χ2v) is 11.0. The highest BCUT2D eigenvalue weighted by Gasteiger charge is 2.34. The lowest BCUT2D eigenvalue weighted by molar-refractivity contribution is 0.0422. The van der Waals surface area contributed by atoms with Crippen LogP contribution in [-0.4, -0.2) is 82.8 Å². The monoisotopic (exact) mass is 558 g/mol. The van der Waals surface area contributed by atoms with Crippen LogP contribution in [0.15, 0.2) is 72.8 Å². The molecule has 1 heterocycles. The number of methoxy groups -OCH3 is 2. The number of benzene rings is 3. The van der Waals surface area contributed by atoms with Crippen LogP contribution in [0.5, 0.6) is 17.2 Å². The van der Waals surface area contributed by atoms with Gasteiger partial charge in [0.25, 0.3) is 5.91 Å². The van der Waals surface area contributed by atoms with E-state index in [0.29, 0.717) is 36.9 Å². The number of carbonyl (C=O) groups excluding carboxylic acids is 1. The maximum Gasteiger partial charge on any atom is 0.254 e. The molecule has 0 aliphatic carbocycles. The van der Waals surface area contributed by atoms with E-state index in [9.17, 15) is 4.79 Å². The zero-order valence-electron chi connectivity index (χ0n) is 25.0. The molecule has 4 rings (SSSR count). The van der Waals surface area contributed by atoms with Gasteiger partial charge in [-0.15, -0.1) is 0 Å². The van der Waals surface area contributed by atoms with Crippen LogP contribution >= 0.6 is 0 Å².